The van der Waals surface area contributed by atoms with Crippen LogP contribution in [0.15, 0.2) is 0 Å². The number of hydrogen-bond donors (Lipinski definition) is 1. The summed E-state index contributed by atoms with van der Waals surface area (Å²) in [5.41, 5.74) is 0. The molecule has 0 saturated carbocycles. The van der Waals surface area contributed by atoms with Crippen LogP contribution in [0.3, 0.4) is 0 Å². The van der Waals surface area contributed by atoms with Gasteiger partial charge in [-0.15, -0.1) is 0 Å². The zero-order chi connectivity index (χ0) is 17.2. The van der Waals surface area contributed by atoms with Crippen molar-refractivity contribution < 1.29 is 4.79 Å². The first-order valence-electron chi connectivity index (χ1n) is 10.5. The average Bonchev–Trinajstić information content (AvgIpc) is 2.61. The molecule has 4 nitrogen and oxygen atoms in total. The number of piperidine rings is 2. The normalized spacial score (nSPS) is 26.4. The molecule has 0 aromatic heterocycles. The summed E-state index contributed by atoms with van der Waals surface area (Å²) in [5, 5.41) is 3.21. The van der Waals surface area contributed by atoms with Crippen LogP contribution in [0.4, 0.5) is 0 Å². The molecule has 2 rings (SSSR count). The molecule has 0 aliphatic carbocycles. The molecule has 0 bridgehead atoms. The van der Waals surface area contributed by atoms with E-state index in [2.05, 4.69) is 29.0 Å². The number of nitrogens with zero attached hydrogens (tertiary/aromatic N) is 2. The summed E-state index contributed by atoms with van der Waals surface area (Å²) in [5.74, 6) is 0.275. The molecule has 2 fully saturated rings. The summed E-state index contributed by atoms with van der Waals surface area (Å²) < 4.78 is 0. The molecule has 2 aliphatic heterocycles. The van der Waals surface area contributed by atoms with Gasteiger partial charge in [0, 0.05) is 12.6 Å². The van der Waals surface area contributed by atoms with Crippen LogP contribution in [0.5, 0.6) is 0 Å². The molecule has 24 heavy (non-hydrogen) atoms. The molecule has 1 amide bonds. The lowest BCUT2D eigenvalue weighted by Crippen LogP contribution is -2.49. The number of hydrogen-bond acceptors (Lipinski definition) is 3. The quantitative estimate of drug-likeness (QED) is 0.655. The minimum Gasteiger partial charge on any atom is -0.355 e. The lowest BCUT2D eigenvalue weighted by molar-refractivity contribution is -0.127. The van der Waals surface area contributed by atoms with Gasteiger partial charge in [0.15, 0.2) is 0 Å². The van der Waals surface area contributed by atoms with Gasteiger partial charge in [-0.25, -0.2) is 0 Å². The molecule has 2 saturated heterocycles. The molecule has 140 valence electrons. The zero-order valence-corrected chi connectivity index (χ0v) is 16.1. The first-order valence-corrected chi connectivity index (χ1v) is 10.5. The molecule has 1 N–H and O–H groups in total. The van der Waals surface area contributed by atoms with Crippen molar-refractivity contribution in [2.75, 3.05) is 32.7 Å². The number of rotatable bonds is 9. The Labute approximate surface area is 149 Å². The maximum absolute atomic E-state index is 12.5. The fourth-order valence-electron chi connectivity index (χ4n) is 4.18. The van der Waals surface area contributed by atoms with Gasteiger partial charge in [0.05, 0.1) is 6.04 Å². The molecule has 2 heterocycles. The van der Waals surface area contributed by atoms with E-state index in [1.807, 2.05) is 0 Å². The molecule has 4 heteroatoms. The Kier molecular flexibility index (Phi) is 9.11. The van der Waals surface area contributed by atoms with Crippen molar-refractivity contribution in [2.45, 2.75) is 90.1 Å². The number of carbonyl (C=O) groups is 1. The van der Waals surface area contributed by atoms with Gasteiger partial charge >= 0.3 is 0 Å². The molecular weight excluding hydrogens is 298 g/mol. The van der Waals surface area contributed by atoms with E-state index in [-0.39, 0.29) is 11.9 Å². The van der Waals surface area contributed by atoms with E-state index in [4.69, 9.17) is 0 Å². The Bertz CT molecular complexity index is 361. The number of unbranched alkanes of at least 4 members (excludes halogenated alkanes) is 2. The topological polar surface area (TPSA) is 35.6 Å². The van der Waals surface area contributed by atoms with E-state index >= 15 is 0 Å². The monoisotopic (exact) mass is 337 g/mol. The predicted molar refractivity (Wildman–Crippen MR) is 101 cm³/mol. The van der Waals surface area contributed by atoms with E-state index in [9.17, 15) is 4.79 Å². The van der Waals surface area contributed by atoms with Crippen LogP contribution in [0.2, 0.25) is 0 Å². The van der Waals surface area contributed by atoms with Gasteiger partial charge in [-0.05, 0) is 78.0 Å². The third-order valence-electron chi connectivity index (χ3n) is 5.83. The maximum atomic E-state index is 12.5. The SMILES string of the molecule is CCCCN1CCCCC1C(=O)NCCCCN1CCCCC1C. The Morgan fingerprint density at radius 2 is 1.67 bits per heavy atom. The fourth-order valence-corrected chi connectivity index (χ4v) is 4.18. The zero-order valence-electron chi connectivity index (χ0n) is 16.1. The van der Waals surface area contributed by atoms with E-state index < -0.39 is 0 Å². The summed E-state index contributed by atoms with van der Waals surface area (Å²) in [4.78, 5) is 17.6. The number of likely N-dealkylation sites (tertiary alicyclic amines) is 2. The predicted octanol–water partition coefficient (Wildman–Crippen LogP) is 3.41. The van der Waals surface area contributed by atoms with Crippen LogP contribution in [0, 0.1) is 0 Å². The number of amides is 1. The Morgan fingerprint density at radius 1 is 0.958 bits per heavy atom. The highest BCUT2D eigenvalue weighted by Crippen LogP contribution is 2.18. The third kappa shape index (κ3) is 6.36. The van der Waals surface area contributed by atoms with E-state index in [0.29, 0.717) is 0 Å². The van der Waals surface area contributed by atoms with Crippen molar-refractivity contribution in [1.82, 2.24) is 15.1 Å². The van der Waals surface area contributed by atoms with Crippen molar-refractivity contribution in [3.63, 3.8) is 0 Å². The summed E-state index contributed by atoms with van der Waals surface area (Å²) in [6, 6.07) is 0.884. The van der Waals surface area contributed by atoms with Gasteiger partial charge in [-0.3, -0.25) is 9.69 Å². The first-order chi connectivity index (χ1) is 11.7. The summed E-state index contributed by atoms with van der Waals surface area (Å²) >= 11 is 0. The second kappa shape index (κ2) is 11.1. The summed E-state index contributed by atoms with van der Waals surface area (Å²) in [6.07, 6.45) is 12.3. The molecule has 0 spiro atoms. The Balaban J connectivity index is 1.61. The average molecular weight is 338 g/mol. The Morgan fingerprint density at radius 3 is 2.42 bits per heavy atom. The smallest absolute Gasteiger partial charge is 0.237 e. The van der Waals surface area contributed by atoms with Gasteiger partial charge in [0.25, 0.3) is 0 Å². The van der Waals surface area contributed by atoms with Gasteiger partial charge in [-0.1, -0.05) is 26.2 Å². The fraction of sp³-hybridized carbons (Fsp3) is 0.950. The molecule has 2 unspecified atom stereocenters. The van der Waals surface area contributed by atoms with E-state index in [1.165, 1.54) is 64.5 Å². The van der Waals surface area contributed by atoms with Gasteiger partial charge in [0.2, 0.25) is 5.91 Å². The van der Waals surface area contributed by atoms with Crippen LogP contribution in [-0.2, 0) is 4.79 Å². The highest BCUT2D eigenvalue weighted by atomic mass is 16.2. The van der Waals surface area contributed by atoms with Crippen LogP contribution < -0.4 is 5.32 Å². The molecule has 0 radical (unpaired) electrons. The molecule has 2 aliphatic rings. The lowest BCUT2D eigenvalue weighted by atomic mass is 10.0. The highest BCUT2D eigenvalue weighted by Gasteiger charge is 2.27. The minimum atomic E-state index is 0.132. The maximum Gasteiger partial charge on any atom is 0.237 e. The van der Waals surface area contributed by atoms with Crippen molar-refractivity contribution in [2.24, 2.45) is 0 Å². The van der Waals surface area contributed by atoms with E-state index in [1.54, 1.807) is 0 Å². The molecule has 0 aromatic carbocycles. The first kappa shape index (κ1) is 19.7. The number of carbonyl (C=O) groups excluding carboxylic acids is 1. The molecule has 2 atom stereocenters. The van der Waals surface area contributed by atoms with Crippen LogP contribution in [0.25, 0.3) is 0 Å². The highest BCUT2D eigenvalue weighted by molar-refractivity contribution is 5.81. The van der Waals surface area contributed by atoms with Crippen molar-refractivity contribution >= 4 is 5.91 Å². The standard InChI is InChI=1S/C20H39N3O/c1-3-4-14-23-17-9-6-12-19(23)20(24)21-13-7-10-16-22-15-8-5-11-18(22)2/h18-19H,3-17H2,1-2H3,(H,21,24). The van der Waals surface area contributed by atoms with Crippen molar-refractivity contribution in [1.29, 1.82) is 0 Å². The molecular formula is C20H39N3O. The van der Waals surface area contributed by atoms with E-state index in [0.717, 1.165) is 38.5 Å². The molecule has 0 aromatic rings. The third-order valence-corrected chi connectivity index (χ3v) is 5.83. The summed E-state index contributed by atoms with van der Waals surface area (Å²) in [6.45, 7) is 10.1. The van der Waals surface area contributed by atoms with Crippen molar-refractivity contribution in [3.05, 3.63) is 0 Å². The van der Waals surface area contributed by atoms with Crippen LogP contribution in [-0.4, -0.2) is 60.5 Å². The van der Waals surface area contributed by atoms with Gasteiger partial charge in [0.1, 0.15) is 0 Å². The Hall–Kier alpha value is -0.610. The van der Waals surface area contributed by atoms with Gasteiger partial charge in [-0.2, -0.15) is 0 Å². The van der Waals surface area contributed by atoms with Crippen LogP contribution >= 0.6 is 0 Å². The summed E-state index contributed by atoms with van der Waals surface area (Å²) in [7, 11) is 0. The second-order valence-electron chi connectivity index (χ2n) is 7.78. The van der Waals surface area contributed by atoms with Crippen LogP contribution in [0.1, 0.15) is 78.1 Å². The largest absolute Gasteiger partial charge is 0.355 e. The minimum absolute atomic E-state index is 0.132. The number of nitrogens with one attached hydrogen (secondary N) is 1. The van der Waals surface area contributed by atoms with Crippen molar-refractivity contribution in [3.8, 4) is 0 Å². The van der Waals surface area contributed by atoms with Gasteiger partial charge < -0.3 is 10.2 Å². The lowest BCUT2D eigenvalue weighted by Gasteiger charge is -2.34. The second-order valence-corrected chi connectivity index (χ2v) is 7.78.